The Bertz CT molecular complexity index is 465. The molecule has 3 heteroatoms. The van der Waals surface area contributed by atoms with Crippen molar-refractivity contribution in [2.24, 2.45) is 0 Å². The average Bonchev–Trinajstić information content (AvgIpc) is 2.35. The highest BCUT2D eigenvalue weighted by molar-refractivity contribution is 7.99. The van der Waals surface area contributed by atoms with Gasteiger partial charge in [0.25, 0.3) is 0 Å². The maximum atomic E-state index is 12.7. The molecule has 0 aromatic heterocycles. The maximum absolute atomic E-state index is 12.7. The molecule has 2 rings (SSSR count). The van der Waals surface area contributed by atoms with E-state index in [2.05, 4.69) is 36.5 Å². The molecule has 2 aromatic rings. The fraction of sp³-hybridized carbons (Fsp3) is 0.143. The minimum atomic E-state index is -0.197. The van der Waals surface area contributed by atoms with Gasteiger partial charge in [-0.1, -0.05) is 11.8 Å². The van der Waals surface area contributed by atoms with Crippen molar-refractivity contribution >= 4 is 17.4 Å². The third kappa shape index (κ3) is 3.49. The summed E-state index contributed by atoms with van der Waals surface area (Å²) in [5.74, 6) is -0.197. The van der Waals surface area contributed by atoms with Gasteiger partial charge in [-0.25, -0.2) is 4.39 Å². The summed E-state index contributed by atoms with van der Waals surface area (Å²) < 4.78 is 12.7. The van der Waals surface area contributed by atoms with E-state index in [1.807, 2.05) is 0 Å². The smallest absolute Gasteiger partial charge is 0.123 e. The van der Waals surface area contributed by atoms with Crippen molar-refractivity contribution in [3.63, 3.8) is 0 Å². The molecule has 0 amide bonds. The first kappa shape index (κ1) is 12.0. The number of halogens is 1. The van der Waals surface area contributed by atoms with Gasteiger partial charge in [-0.05, 0) is 55.5 Å². The Kier molecular flexibility index (Phi) is 4.04. The van der Waals surface area contributed by atoms with Gasteiger partial charge >= 0.3 is 0 Å². The van der Waals surface area contributed by atoms with Crippen LogP contribution in [0, 0.1) is 5.82 Å². The van der Waals surface area contributed by atoms with Crippen molar-refractivity contribution in [2.75, 3.05) is 11.9 Å². The van der Waals surface area contributed by atoms with Gasteiger partial charge < -0.3 is 5.32 Å². The maximum Gasteiger partial charge on any atom is 0.123 e. The van der Waals surface area contributed by atoms with E-state index in [0.717, 1.165) is 22.0 Å². The van der Waals surface area contributed by atoms with Crippen LogP contribution in [0.25, 0.3) is 0 Å². The van der Waals surface area contributed by atoms with Crippen molar-refractivity contribution in [3.8, 4) is 0 Å². The topological polar surface area (TPSA) is 12.0 Å². The van der Waals surface area contributed by atoms with Crippen LogP contribution in [0.15, 0.2) is 58.3 Å². The van der Waals surface area contributed by atoms with E-state index in [-0.39, 0.29) is 5.82 Å². The van der Waals surface area contributed by atoms with Crippen LogP contribution in [-0.4, -0.2) is 6.54 Å². The molecule has 0 aliphatic heterocycles. The molecule has 17 heavy (non-hydrogen) atoms. The van der Waals surface area contributed by atoms with Crippen LogP contribution >= 0.6 is 11.8 Å². The predicted octanol–water partition coefficient (Wildman–Crippen LogP) is 4.41. The van der Waals surface area contributed by atoms with Crippen molar-refractivity contribution in [1.29, 1.82) is 0 Å². The Hall–Kier alpha value is -1.48. The molecule has 2 aromatic carbocycles. The van der Waals surface area contributed by atoms with E-state index < -0.39 is 0 Å². The fourth-order valence-corrected chi connectivity index (χ4v) is 2.30. The quantitative estimate of drug-likeness (QED) is 0.859. The third-order valence-electron chi connectivity index (χ3n) is 2.28. The summed E-state index contributed by atoms with van der Waals surface area (Å²) in [4.78, 5) is 2.20. The lowest BCUT2D eigenvalue weighted by Gasteiger charge is -2.05. The Morgan fingerprint density at radius 2 is 1.47 bits per heavy atom. The molecule has 0 unspecified atom stereocenters. The van der Waals surface area contributed by atoms with Crippen LogP contribution < -0.4 is 5.32 Å². The summed E-state index contributed by atoms with van der Waals surface area (Å²) in [7, 11) is 0. The molecular formula is C14H14FNS. The van der Waals surface area contributed by atoms with E-state index in [1.165, 1.54) is 12.1 Å². The standard InChI is InChI=1S/C14H14FNS/c1-2-16-12-5-9-14(10-6-12)17-13-7-3-11(15)4-8-13/h3-10,16H,2H2,1H3. The minimum Gasteiger partial charge on any atom is -0.385 e. The number of hydrogen-bond acceptors (Lipinski definition) is 2. The second kappa shape index (κ2) is 5.73. The lowest BCUT2D eigenvalue weighted by molar-refractivity contribution is 0.626. The molecule has 88 valence electrons. The summed E-state index contributed by atoms with van der Waals surface area (Å²) in [5.41, 5.74) is 1.12. The largest absolute Gasteiger partial charge is 0.385 e. The Morgan fingerprint density at radius 3 is 2.00 bits per heavy atom. The van der Waals surface area contributed by atoms with Crippen LogP contribution in [-0.2, 0) is 0 Å². The summed E-state index contributed by atoms with van der Waals surface area (Å²) in [6, 6.07) is 14.8. The van der Waals surface area contributed by atoms with Crippen LogP contribution in [0.3, 0.4) is 0 Å². The van der Waals surface area contributed by atoms with E-state index in [9.17, 15) is 4.39 Å². The minimum absolute atomic E-state index is 0.197. The molecule has 0 saturated carbocycles. The molecule has 0 saturated heterocycles. The number of hydrogen-bond donors (Lipinski definition) is 1. The van der Waals surface area contributed by atoms with Gasteiger partial charge in [-0.3, -0.25) is 0 Å². The summed E-state index contributed by atoms with van der Waals surface area (Å²) in [6.45, 7) is 2.99. The average molecular weight is 247 g/mol. The summed E-state index contributed by atoms with van der Waals surface area (Å²) in [6.07, 6.45) is 0. The predicted molar refractivity (Wildman–Crippen MR) is 71.1 cm³/mol. The highest BCUT2D eigenvalue weighted by Gasteiger charge is 1.98. The first-order chi connectivity index (χ1) is 8.28. The van der Waals surface area contributed by atoms with Crippen LogP contribution in [0.4, 0.5) is 10.1 Å². The Labute approximate surface area is 105 Å². The van der Waals surface area contributed by atoms with Crippen molar-refractivity contribution < 1.29 is 4.39 Å². The number of nitrogens with one attached hydrogen (secondary N) is 1. The summed E-state index contributed by atoms with van der Waals surface area (Å²) >= 11 is 1.63. The molecule has 1 N–H and O–H groups in total. The lowest BCUT2D eigenvalue weighted by atomic mass is 10.3. The summed E-state index contributed by atoms with van der Waals surface area (Å²) in [5, 5.41) is 3.25. The molecule has 0 aliphatic rings. The Balaban J connectivity index is 2.05. The molecule has 0 aliphatic carbocycles. The third-order valence-corrected chi connectivity index (χ3v) is 3.30. The van der Waals surface area contributed by atoms with E-state index in [1.54, 1.807) is 23.9 Å². The van der Waals surface area contributed by atoms with E-state index >= 15 is 0 Å². The fourth-order valence-electron chi connectivity index (χ4n) is 1.48. The second-order valence-electron chi connectivity index (χ2n) is 3.61. The number of anilines is 1. The van der Waals surface area contributed by atoms with Gasteiger partial charge in [-0.15, -0.1) is 0 Å². The van der Waals surface area contributed by atoms with Gasteiger partial charge in [0, 0.05) is 22.0 Å². The van der Waals surface area contributed by atoms with Gasteiger partial charge in [0.1, 0.15) is 5.82 Å². The second-order valence-corrected chi connectivity index (χ2v) is 4.76. The van der Waals surface area contributed by atoms with Gasteiger partial charge in [-0.2, -0.15) is 0 Å². The first-order valence-corrected chi connectivity index (χ1v) is 6.37. The highest BCUT2D eigenvalue weighted by Crippen LogP contribution is 2.28. The zero-order valence-electron chi connectivity index (χ0n) is 9.61. The van der Waals surface area contributed by atoms with Crippen LogP contribution in [0.1, 0.15) is 6.92 Å². The first-order valence-electron chi connectivity index (χ1n) is 5.55. The van der Waals surface area contributed by atoms with Crippen molar-refractivity contribution in [2.45, 2.75) is 16.7 Å². The van der Waals surface area contributed by atoms with Gasteiger partial charge in [0.05, 0.1) is 0 Å². The van der Waals surface area contributed by atoms with Crippen LogP contribution in [0.2, 0.25) is 0 Å². The highest BCUT2D eigenvalue weighted by atomic mass is 32.2. The molecular weight excluding hydrogens is 233 g/mol. The van der Waals surface area contributed by atoms with Gasteiger partial charge in [0.2, 0.25) is 0 Å². The molecule has 0 bridgehead atoms. The molecule has 1 nitrogen and oxygen atoms in total. The van der Waals surface area contributed by atoms with Crippen molar-refractivity contribution in [3.05, 3.63) is 54.3 Å². The van der Waals surface area contributed by atoms with Crippen molar-refractivity contribution in [1.82, 2.24) is 0 Å². The zero-order chi connectivity index (χ0) is 12.1. The lowest BCUT2D eigenvalue weighted by Crippen LogP contribution is -1.95. The van der Waals surface area contributed by atoms with Gasteiger partial charge in [0.15, 0.2) is 0 Å². The monoisotopic (exact) mass is 247 g/mol. The molecule has 0 fully saturated rings. The molecule has 0 spiro atoms. The zero-order valence-corrected chi connectivity index (χ0v) is 10.4. The molecule has 0 atom stereocenters. The number of rotatable bonds is 4. The number of benzene rings is 2. The molecule has 0 radical (unpaired) electrons. The van der Waals surface area contributed by atoms with E-state index in [0.29, 0.717) is 0 Å². The Morgan fingerprint density at radius 1 is 0.941 bits per heavy atom. The normalized spacial score (nSPS) is 10.2. The van der Waals surface area contributed by atoms with E-state index in [4.69, 9.17) is 0 Å². The van der Waals surface area contributed by atoms with Crippen LogP contribution in [0.5, 0.6) is 0 Å². The molecule has 0 heterocycles. The SMILES string of the molecule is CCNc1ccc(Sc2ccc(F)cc2)cc1.